The van der Waals surface area contributed by atoms with Crippen LogP contribution in [0.3, 0.4) is 0 Å². The molecule has 1 fully saturated rings. The zero-order chi connectivity index (χ0) is 13.5. The number of hydrogen-bond donors (Lipinski definition) is 2. The topological polar surface area (TPSA) is 58.4 Å². The van der Waals surface area contributed by atoms with E-state index in [0.29, 0.717) is 12.5 Å². The van der Waals surface area contributed by atoms with Crippen molar-refractivity contribution in [3.05, 3.63) is 0 Å². The van der Waals surface area contributed by atoms with E-state index < -0.39 is 0 Å². The fourth-order valence-corrected chi connectivity index (χ4v) is 2.52. The van der Waals surface area contributed by atoms with Crippen molar-refractivity contribution in [1.29, 1.82) is 0 Å². The van der Waals surface area contributed by atoms with Crippen molar-refractivity contribution in [3.63, 3.8) is 0 Å². The van der Waals surface area contributed by atoms with Gasteiger partial charge in [0, 0.05) is 25.2 Å². The van der Waals surface area contributed by atoms with Crippen molar-refractivity contribution in [2.75, 3.05) is 19.6 Å². The van der Waals surface area contributed by atoms with Gasteiger partial charge in [-0.2, -0.15) is 0 Å². The Kier molecular flexibility index (Phi) is 6.65. The predicted octanol–water partition coefficient (Wildman–Crippen LogP) is 1.35. The molecule has 1 amide bonds. The Hall–Kier alpha value is -0.610. The molecule has 0 bridgehead atoms. The lowest BCUT2D eigenvalue weighted by Gasteiger charge is -2.18. The molecule has 3 N–H and O–H groups in total. The van der Waals surface area contributed by atoms with Crippen molar-refractivity contribution in [3.8, 4) is 0 Å². The minimum absolute atomic E-state index is 0.139. The Morgan fingerprint density at radius 1 is 1.44 bits per heavy atom. The standard InChI is InChI=1S/C14H29N3O/c1-4-5-6-7-12(3)16-14(18)10-17-8-11(2)13(15)9-17/h11-13H,4-10,15H2,1-3H3,(H,16,18). The monoisotopic (exact) mass is 255 g/mol. The first-order valence-electron chi connectivity index (χ1n) is 7.30. The van der Waals surface area contributed by atoms with E-state index in [2.05, 4.69) is 31.0 Å². The van der Waals surface area contributed by atoms with Crippen molar-refractivity contribution < 1.29 is 4.79 Å². The highest BCUT2D eigenvalue weighted by molar-refractivity contribution is 5.78. The summed E-state index contributed by atoms with van der Waals surface area (Å²) in [6.45, 7) is 8.72. The third kappa shape index (κ3) is 5.36. The normalized spacial score (nSPS) is 26.2. The van der Waals surface area contributed by atoms with Crippen molar-refractivity contribution in [1.82, 2.24) is 10.2 Å². The summed E-state index contributed by atoms with van der Waals surface area (Å²) in [7, 11) is 0. The number of nitrogens with one attached hydrogen (secondary N) is 1. The average Bonchev–Trinajstić information content (AvgIpc) is 2.57. The summed E-state index contributed by atoms with van der Waals surface area (Å²) < 4.78 is 0. The fourth-order valence-electron chi connectivity index (χ4n) is 2.52. The molecular formula is C14H29N3O. The zero-order valence-corrected chi connectivity index (χ0v) is 12.1. The maximum absolute atomic E-state index is 11.9. The molecular weight excluding hydrogens is 226 g/mol. The molecule has 18 heavy (non-hydrogen) atoms. The van der Waals surface area contributed by atoms with Crippen molar-refractivity contribution >= 4 is 5.91 Å². The Morgan fingerprint density at radius 3 is 2.72 bits per heavy atom. The first kappa shape index (κ1) is 15.4. The van der Waals surface area contributed by atoms with Gasteiger partial charge in [0.15, 0.2) is 0 Å². The molecule has 1 heterocycles. The van der Waals surface area contributed by atoms with Crippen LogP contribution >= 0.6 is 0 Å². The van der Waals surface area contributed by atoms with Crippen LogP contribution in [0.5, 0.6) is 0 Å². The van der Waals surface area contributed by atoms with Crippen LogP contribution in [-0.4, -0.2) is 42.5 Å². The summed E-state index contributed by atoms with van der Waals surface area (Å²) in [6, 6.07) is 0.512. The second-order valence-electron chi connectivity index (χ2n) is 5.80. The maximum Gasteiger partial charge on any atom is 0.234 e. The van der Waals surface area contributed by atoms with Gasteiger partial charge in [-0.15, -0.1) is 0 Å². The third-order valence-corrected chi connectivity index (χ3v) is 3.76. The van der Waals surface area contributed by atoms with Crippen molar-refractivity contribution in [2.45, 2.75) is 58.5 Å². The van der Waals surface area contributed by atoms with Crippen LogP contribution in [-0.2, 0) is 4.79 Å². The van der Waals surface area contributed by atoms with Crippen LogP contribution in [0.15, 0.2) is 0 Å². The second kappa shape index (κ2) is 7.74. The minimum atomic E-state index is 0.139. The average molecular weight is 255 g/mol. The van der Waals surface area contributed by atoms with E-state index in [1.165, 1.54) is 19.3 Å². The third-order valence-electron chi connectivity index (χ3n) is 3.76. The van der Waals surface area contributed by atoms with Gasteiger partial charge in [0.05, 0.1) is 6.54 Å². The molecule has 4 heteroatoms. The smallest absolute Gasteiger partial charge is 0.234 e. The Bertz CT molecular complexity index is 247. The quantitative estimate of drug-likeness (QED) is 0.675. The lowest BCUT2D eigenvalue weighted by atomic mass is 10.1. The highest BCUT2D eigenvalue weighted by atomic mass is 16.2. The Labute approximate surface area is 111 Å². The Balaban J connectivity index is 2.17. The van der Waals surface area contributed by atoms with Gasteiger partial charge in [0.1, 0.15) is 0 Å². The number of carbonyl (C=O) groups is 1. The number of carbonyl (C=O) groups excluding carboxylic acids is 1. The summed E-state index contributed by atoms with van der Waals surface area (Å²) in [4.78, 5) is 14.0. The summed E-state index contributed by atoms with van der Waals surface area (Å²) in [5, 5.41) is 3.07. The predicted molar refractivity (Wildman–Crippen MR) is 75.3 cm³/mol. The molecule has 0 aromatic rings. The molecule has 106 valence electrons. The number of likely N-dealkylation sites (tertiary alicyclic amines) is 1. The SMILES string of the molecule is CCCCCC(C)NC(=O)CN1CC(C)C(N)C1. The Morgan fingerprint density at radius 2 is 2.17 bits per heavy atom. The van der Waals surface area contributed by atoms with Gasteiger partial charge in [-0.25, -0.2) is 0 Å². The highest BCUT2D eigenvalue weighted by Gasteiger charge is 2.27. The number of nitrogens with two attached hydrogens (primary N) is 1. The second-order valence-corrected chi connectivity index (χ2v) is 5.80. The molecule has 1 saturated heterocycles. The van der Waals surface area contributed by atoms with Crippen LogP contribution in [0, 0.1) is 5.92 Å². The number of amides is 1. The minimum Gasteiger partial charge on any atom is -0.353 e. The molecule has 1 aliphatic heterocycles. The summed E-state index contributed by atoms with van der Waals surface area (Å²) in [5.41, 5.74) is 5.95. The first-order chi connectivity index (χ1) is 8.52. The largest absolute Gasteiger partial charge is 0.353 e. The van der Waals surface area contributed by atoms with Gasteiger partial charge in [-0.05, 0) is 19.3 Å². The molecule has 1 aliphatic rings. The van der Waals surface area contributed by atoms with Gasteiger partial charge < -0.3 is 11.1 Å². The van der Waals surface area contributed by atoms with Crippen LogP contribution < -0.4 is 11.1 Å². The maximum atomic E-state index is 11.9. The molecule has 0 spiro atoms. The molecule has 0 aromatic carbocycles. The molecule has 4 nitrogen and oxygen atoms in total. The number of unbranched alkanes of at least 4 members (excludes halogenated alkanes) is 2. The van der Waals surface area contributed by atoms with Gasteiger partial charge in [-0.1, -0.05) is 33.1 Å². The molecule has 1 rings (SSSR count). The van der Waals surface area contributed by atoms with E-state index >= 15 is 0 Å². The van der Waals surface area contributed by atoms with E-state index in [-0.39, 0.29) is 18.0 Å². The first-order valence-corrected chi connectivity index (χ1v) is 7.30. The van der Waals surface area contributed by atoms with Crippen LogP contribution in [0.2, 0.25) is 0 Å². The summed E-state index contributed by atoms with van der Waals surface area (Å²) in [5.74, 6) is 0.639. The molecule has 0 aliphatic carbocycles. The number of rotatable bonds is 7. The van der Waals surface area contributed by atoms with E-state index in [1.54, 1.807) is 0 Å². The molecule has 0 aromatic heterocycles. The van der Waals surface area contributed by atoms with Gasteiger partial charge in [0.2, 0.25) is 5.91 Å². The lowest BCUT2D eigenvalue weighted by molar-refractivity contribution is -0.122. The fraction of sp³-hybridized carbons (Fsp3) is 0.929. The molecule has 3 unspecified atom stereocenters. The van der Waals surface area contributed by atoms with Gasteiger partial charge in [0.25, 0.3) is 0 Å². The zero-order valence-electron chi connectivity index (χ0n) is 12.1. The number of nitrogens with zero attached hydrogens (tertiary/aromatic N) is 1. The highest BCUT2D eigenvalue weighted by Crippen LogP contribution is 2.13. The molecule has 0 saturated carbocycles. The van der Waals surface area contributed by atoms with Gasteiger partial charge >= 0.3 is 0 Å². The van der Waals surface area contributed by atoms with Gasteiger partial charge in [-0.3, -0.25) is 9.69 Å². The van der Waals surface area contributed by atoms with E-state index in [0.717, 1.165) is 19.5 Å². The van der Waals surface area contributed by atoms with E-state index in [4.69, 9.17) is 5.73 Å². The van der Waals surface area contributed by atoms with E-state index in [9.17, 15) is 4.79 Å². The molecule has 0 radical (unpaired) electrons. The summed E-state index contributed by atoms with van der Waals surface area (Å²) >= 11 is 0. The molecule has 3 atom stereocenters. The number of hydrogen-bond acceptors (Lipinski definition) is 3. The van der Waals surface area contributed by atoms with Crippen LogP contribution in [0.1, 0.15) is 46.5 Å². The lowest BCUT2D eigenvalue weighted by Crippen LogP contribution is -2.41. The van der Waals surface area contributed by atoms with Crippen LogP contribution in [0.4, 0.5) is 0 Å². The van der Waals surface area contributed by atoms with Crippen LogP contribution in [0.25, 0.3) is 0 Å². The summed E-state index contributed by atoms with van der Waals surface area (Å²) in [6.07, 6.45) is 4.75. The van der Waals surface area contributed by atoms with E-state index in [1.807, 2.05) is 0 Å². The van der Waals surface area contributed by atoms with Crippen molar-refractivity contribution in [2.24, 2.45) is 11.7 Å².